The van der Waals surface area contributed by atoms with Crippen LogP contribution >= 0.6 is 0 Å². The number of nitrogens with two attached hydrogens (primary N) is 1. The van der Waals surface area contributed by atoms with E-state index in [-0.39, 0.29) is 24.5 Å². The van der Waals surface area contributed by atoms with Crippen molar-refractivity contribution >= 4 is 18.0 Å². The van der Waals surface area contributed by atoms with Crippen LogP contribution in [-0.4, -0.2) is 55.8 Å². The van der Waals surface area contributed by atoms with Gasteiger partial charge in [0.15, 0.2) is 0 Å². The van der Waals surface area contributed by atoms with Gasteiger partial charge in [0, 0.05) is 25.3 Å². The number of primary amides is 1. The summed E-state index contributed by atoms with van der Waals surface area (Å²) >= 11 is 0. The maximum Gasteiger partial charge on any atom is 0.249 e. The minimum atomic E-state index is -0.667. The summed E-state index contributed by atoms with van der Waals surface area (Å²) in [6.45, 7) is 4.73. The molecule has 0 aliphatic carbocycles. The van der Waals surface area contributed by atoms with E-state index in [9.17, 15) is 9.59 Å². The predicted molar refractivity (Wildman–Crippen MR) is 68.3 cm³/mol. The highest BCUT2D eigenvalue weighted by Crippen LogP contribution is 2.24. The maximum atomic E-state index is 11.9. The molecular formula is C12H21N3O3. The lowest BCUT2D eigenvalue weighted by Crippen LogP contribution is -2.50. The fourth-order valence-electron chi connectivity index (χ4n) is 1.91. The topological polar surface area (TPSA) is 85.0 Å². The van der Waals surface area contributed by atoms with Gasteiger partial charge in [0.1, 0.15) is 6.61 Å². The Morgan fingerprint density at radius 1 is 1.56 bits per heavy atom. The summed E-state index contributed by atoms with van der Waals surface area (Å²) in [4.78, 5) is 29.1. The van der Waals surface area contributed by atoms with Crippen molar-refractivity contribution in [2.24, 2.45) is 16.1 Å². The molecule has 102 valence electrons. The van der Waals surface area contributed by atoms with Gasteiger partial charge in [-0.15, -0.1) is 0 Å². The van der Waals surface area contributed by atoms with E-state index in [1.165, 1.54) is 7.11 Å². The average molecular weight is 255 g/mol. The van der Waals surface area contributed by atoms with Crippen LogP contribution in [0.3, 0.4) is 0 Å². The molecule has 0 spiro atoms. The van der Waals surface area contributed by atoms with Gasteiger partial charge in [-0.2, -0.15) is 0 Å². The molecule has 0 fully saturated rings. The minimum Gasteiger partial charge on any atom is -0.375 e. The first-order chi connectivity index (χ1) is 8.38. The van der Waals surface area contributed by atoms with Gasteiger partial charge in [0.2, 0.25) is 11.8 Å². The quantitative estimate of drug-likeness (QED) is 0.739. The van der Waals surface area contributed by atoms with Crippen LogP contribution in [0, 0.1) is 5.41 Å². The number of aliphatic imine (C=N–C) groups is 1. The molecule has 0 aromatic heterocycles. The number of methoxy groups -OCH3 is 1. The zero-order chi connectivity index (χ0) is 13.8. The highest BCUT2D eigenvalue weighted by atomic mass is 16.5. The molecule has 0 aromatic rings. The van der Waals surface area contributed by atoms with E-state index in [1.54, 1.807) is 25.0 Å². The predicted octanol–water partition coefficient (Wildman–Crippen LogP) is -0.184. The number of rotatable bonds is 5. The summed E-state index contributed by atoms with van der Waals surface area (Å²) in [7, 11) is 1.48. The van der Waals surface area contributed by atoms with Gasteiger partial charge in [-0.05, 0) is 6.42 Å². The van der Waals surface area contributed by atoms with E-state index in [0.29, 0.717) is 19.5 Å². The van der Waals surface area contributed by atoms with E-state index in [1.807, 2.05) is 0 Å². The second kappa shape index (κ2) is 5.95. The maximum absolute atomic E-state index is 11.9. The Balaban J connectivity index is 2.77. The van der Waals surface area contributed by atoms with Crippen molar-refractivity contribution in [3.8, 4) is 0 Å². The largest absolute Gasteiger partial charge is 0.375 e. The van der Waals surface area contributed by atoms with E-state index in [4.69, 9.17) is 10.5 Å². The smallest absolute Gasteiger partial charge is 0.249 e. The Kier molecular flexibility index (Phi) is 4.84. The molecule has 1 aliphatic heterocycles. The van der Waals surface area contributed by atoms with Crippen LogP contribution in [0.4, 0.5) is 0 Å². The molecule has 18 heavy (non-hydrogen) atoms. The van der Waals surface area contributed by atoms with Crippen LogP contribution in [0.1, 0.15) is 20.3 Å². The lowest BCUT2D eigenvalue weighted by atomic mass is 9.84. The molecule has 6 nitrogen and oxygen atoms in total. The molecule has 1 unspecified atom stereocenters. The van der Waals surface area contributed by atoms with Crippen molar-refractivity contribution in [3.05, 3.63) is 0 Å². The molecule has 0 saturated carbocycles. The second-order valence-electron chi connectivity index (χ2n) is 5.10. The Labute approximate surface area is 107 Å². The number of hydrogen-bond acceptors (Lipinski definition) is 4. The van der Waals surface area contributed by atoms with Gasteiger partial charge < -0.3 is 15.4 Å². The summed E-state index contributed by atoms with van der Waals surface area (Å²) < 4.78 is 4.86. The molecule has 0 bridgehead atoms. The second-order valence-corrected chi connectivity index (χ2v) is 5.10. The summed E-state index contributed by atoms with van der Waals surface area (Å²) in [5.74, 6) is -0.463. The molecule has 1 atom stereocenters. The molecule has 0 radical (unpaired) electrons. The average Bonchev–Trinajstić information content (AvgIpc) is 2.29. The van der Waals surface area contributed by atoms with Crippen molar-refractivity contribution < 1.29 is 14.3 Å². The van der Waals surface area contributed by atoms with Crippen LogP contribution in [0.25, 0.3) is 0 Å². The van der Waals surface area contributed by atoms with Crippen LogP contribution in [0.15, 0.2) is 4.99 Å². The normalized spacial score (nSPS) is 19.9. The molecule has 6 heteroatoms. The van der Waals surface area contributed by atoms with Gasteiger partial charge in [-0.25, -0.2) is 0 Å². The van der Waals surface area contributed by atoms with Gasteiger partial charge in [-0.3, -0.25) is 14.6 Å². The zero-order valence-corrected chi connectivity index (χ0v) is 11.2. The number of ether oxygens (including phenoxy) is 1. The zero-order valence-electron chi connectivity index (χ0n) is 11.2. The minimum absolute atomic E-state index is 0.0430. The molecule has 1 rings (SSSR count). The van der Waals surface area contributed by atoms with Gasteiger partial charge in [0.05, 0.1) is 12.6 Å². The van der Waals surface area contributed by atoms with Crippen molar-refractivity contribution in [1.29, 1.82) is 0 Å². The monoisotopic (exact) mass is 255 g/mol. The van der Waals surface area contributed by atoms with Crippen molar-refractivity contribution in [2.45, 2.75) is 26.3 Å². The molecular weight excluding hydrogens is 234 g/mol. The lowest BCUT2D eigenvalue weighted by molar-refractivity contribution is -0.138. The Bertz CT molecular complexity index is 352. The molecule has 1 heterocycles. The van der Waals surface area contributed by atoms with Gasteiger partial charge in [0.25, 0.3) is 0 Å². The fourth-order valence-corrected chi connectivity index (χ4v) is 1.91. The highest BCUT2D eigenvalue weighted by molar-refractivity contribution is 5.84. The highest BCUT2D eigenvalue weighted by Gasteiger charge is 2.33. The molecule has 2 amide bonds. The van der Waals surface area contributed by atoms with Crippen LogP contribution in [0.5, 0.6) is 0 Å². The number of carbonyl (C=O) groups is 2. The first kappa shape index (κ1) is 14.6. The van der Waals surface area contributed by atoms with Gasteiger partial charge in [-0.1, -0.05) is 13.8 Å². The summed E-state index contributed by atoms with van der Waals surface area (Å²) in [6.07, 6.45) is 2.20. The number of amides is 2. The van der Waals surface area contributed by atoms with Crippen molar-refractivity contribution in [3.63, 3.8) is 0 Å². The Morgan fingerprint density at radius 3 is 2.78 bits per heavy atom. The third-order valence-corrected chi connectivity index (χ3v) is 3.12. The summed E-state index contributed by atoms with van der Waals surface area (Å²) in [5, 5.41) is 0. The van der Waals surface area contributed by atoms with Gasteiger partial charge >= 0.3 is 0 Å². The Morgan fingerprint density at radius 2 is 2.22 bits per heavy atom. The molecule has 2 N–H and O–H groups in total. The lowest BCUT2D eigenvalue weighted by Gasteiger charge is -2.35. The third-order valence-electron chi connectivity index (χ3n) is 3.12. The van der Waals surface area contributed by atoms with Crippen LogP contribution in [0.2, 0.25) is 0 Å². The molecule has 0 saturated heterocycles. The SMILES string of the molecule is COCC(=O)N1CCN=CC1CC(C)(C)C(N)=O. The van der Waals surface area contributed by atoms with E-state index in [2.05, 4.69) is 4.99 Å². The van der Waals surface area contributed by atoms with Crippen molar-refractivity contribution in [1.82, 2.24) is 4.90 Å². The van der Waals surface area contributed by atoms with E-state index in [0.717, 1.165) is 0 Å². The van der Waals surface area contributed by atoms with Crippen molar-refractivity contribution in [2.75, 3.05) is 26.8 Å². The Hall–Kier alpha value is -1.43. The van der Waals surface area contributed by atoms with Crippen LogP contribution in [-0.2, 0) is 14.3 Å². The molecule has 0 aromatic carbocycles. The number of nitrogens with zero attached hydrogens (tertiary/aromatic N) is 2. The first-order valence-electron chi connectivity index (χ1n) is 5.96. The number of hydrogen-bond donors (Lipinski definition) is 1. The standard InChI is InChI=1S/C12H21N3O3/c1-12(2,11(13)17)6-9-7-14-4-5-15(9)10(16)8-18-3/h7,9H,4-6,8H2,1-3H3,(H2,13,17). The van der Waals surface area contributed by atoms with E-state index < -0.39 is 5.41 Å². The fraction of sp³-hybridized carbons (Fsp3) is 0.750. The first-order valence-corrected chi connectivity index (χ1v) is 5.96. The third kappa shape index (κ3) is 3.53. The van der Waals surface area contributed by atoms with Crippen LogP contribution < -0.4 is 5.73 Å². The number of carbonyl (C=O) groups excluding carboxylic acids is 2. The summed E-state index contributed by atoms with van der Waals surface area (Å²) in [5.41, 5.74) is 4.69. The summed E-state index contributed by atoms with van der Waals surface area (Å²) in [6, 6.07) is -0.191. The van der Waals surface area contributed by atoms with E-state index >= 15 is 0 Å². The molecule has 1 aliphatic rings.